The summed E-state index contributed by atoms with van der Waals surface area (Å²) >= 11 is 5.68. The van der Waals surface area contributed by atoms with E-state index in [1.54, 1.807) is 6.07 Å². The molecule has 0 N–H and O–H groups in total. The first-order valence-electron chi connectivity index (χ1n) is 6.07. The molecule has 0 unspecified atom stereocenters. The van der Waals surface area contributed by atoms with E-state index in [0.29, 0.717) is 10.9 Å². The molecule has 1 aliphatic carbocycles. The van der Waals surface area contributed by atoms with Gasteiger partial charge in [0.2, 0.25) is 0 Å². The Morgan fingerprint density at radius 1 is 1.29 bits per heavy atom. The van der Waals surface area contributed by atoms with Crippen LogP contribution in [0.25, 0.3) is 0 Å². The van der Waals surface area contributed by atoms with E-state index < -0.39 is 5.82 Å². The van der Waals surface area contributed by atoms with Crippen LogP contribution in [0.1, 0.15) is 43.0 Å². The largest absolute Gasteiger partial charge is 0.294 e. The summed E-state index contributed by atoms with van der Waals surface area (Å²) in [6.45, 7) is 2.20. The molecule has 0 spiro atoms. The summed E-state index contributed by atoms with van der Waals surface area (Å²) < 4.78 is 13.6. The fourth-order valence-corrected chi connectivity index (χ4v) is 2.59. The lowest BCUT2D eigenvalue weighted by atomic mass is 9.79. The summed E-state index contributed by atoms with van der Waals surface area (Å²) in [5.74, 6) is 0.114. The second-order valence-corrected chi connectivity index (χ2v) is 5.38. The highest BCUT2D eigenvalue weighted by molar-refractivity contribution is 6.30. The zero-order valence-corrected chi connectivity index (χ0v) is 10.6. The first-order chi connectivity index (χ1) is 8.08. The SMILES string of the molecule is CC1CCC(C(=O)c2ccc(Cl)cc2F)CC1. The Hall–Kier alpha value is -0.890. The average Bonchev–Trinajstić information content (AvgIpc) is 2.29. The highest BCUT2D eigenvalue weighted by Gasteiger charge is 2.26. The molecule has 1 aromatic carbocycles. The van der Waals surface area contributed by atoms with Crippen LogP contribution in [0, 0.1) is 17.7 Å². The third-order valence-electron chi connectivity index (χ3n) is 3.58. The molecule has 0 saturated heterocycles. The molecule has 0 radical (unpaired) electrons. The Labute approximate surface area is 106 Å². The molecule has 17 heavy (non-hydrogen) atoms. The lowest BCUT2D eigenvalue weighted by Gasteiger charge is -2.25. The van der Waals surface area contributed by atoms with Crippen LogP contribution in [0.5, 0.6) is 0 Å². The number of carbonyl (C=O) groups is 1. The highest BCUT2D eigenvalue weighted by Crippen LogP contribution is 2.31. The van der Waals surface area contributed by atoms with Gasteiger partial charge in [-0.05, 0) is 37.0 Å². The summed E-state index contributed by atoms with van der Waals surface area (Å²) in [5, 5.41) is 0.330. The van der Waals surface area contributed by atoms with Gasteiger partial charge in [0.15, 0.2) is 5.78 Å². The Morgan fingerprint density at radius 2 is 1.94 bits per heavy atom. The van der Waals surface area contributed by atoms with Crippen molar-refractivity contribution in [2.24, 2.45) is 11.8 Å². The van der Waals surface area contributed by atoms with Gasteiger partial charge in [-0.15, -0.1) is 0 Å². The van der Waals surface area contributed by atoms with Gasteiger partial charge in [-0.2, -0.15) is 0 Å². The smallest absolute Gasteiger partial charge is 0.168 e. The summed E-state index contributed by atoms with van der Waals surface area (Å²) in [7, 11) is 0. The van der Waals surface area contributed by atoms with E-state index in [9.17, 15) is 9.18 Å². The monoisotopic (exact) mass is 254 g/mol. The summed E-state index contributed by atoms with van der Waals surface area (Å²) in [4.78, 5) is 12.2. The van der Waals surface area contributed by atoms with Crippen molar-refractivity contribution in [1.29, 1.82) is 0 Å². The van der Waals surface area contributed by atoms with Gasteiger partial charge in [-0.25, -0.2) is 4.39 Å². The van der Waals surface area contributed by atoms with E-state index in [1.807, 2.05) is 0 Å². The number of halogens is 2. The number of hydrogen-bond donors (Lipinski definition) is 0. The second-order valence-electron chi connectivity index (χ2n) is 4.95. The molecule has 1 fully saturated rings. The molecule has 0 bridgehead atoms. The molecule has 1 saturated carbocycles. The van der Waals surface area contributed by atoms with Crippen LogP contribution in [-0.4, -0.2) is 5.78 Å². The van der Waals surface area contributed by atoms with Gasteiger partial charge in [-0.1, -0.05) is 31.4 Å². The van der Waals surface area contributed by atoms with Crippen molar-refractivity contribution >= 4 is 17.4 Å². The van der Waals surface area contributed by atoms with Crippen LogP contribution in [0.3, 0.4) is 0 Å². The fourth-order valence-electron chi connectivity index (χ4n) is 2.43. The Kier molecular flexibility index (Phi) is 3.82. The molecule has 1 nitrogen and oxygen atoms in total. The first kappa shape index (κ1) is 12.6. The maximum Gasteiger partial charge on any atom is 0.168 e. The molecule has 0 heterocycles. The second kappa shape index (κ2) is 5.18. The van der Waals surface area contributed by atoms with Gasteiger partial charge in [0.05, 0.1) is 5.56 Å². The van der Waals surface area contributed by atoms with Crippen molar-refractivity contribution in [3.63, 3.8) is 0 Å². The Bertz CT molecular complexity index is 422. The average molecular weight is 255 g/mol. The number of Topliss-reactive ketones (excluding diaryl/α,β-unsaturated/α-hetero) is 1. The van der Waals surface area contributed by atoms with Crippen LogP contribution < -0.4 is 0 Å². The predicted molar refractivity (Wildman–Crippen MR) is 66.9 cm³/mol. The summed E-state index contributed by atoms with van der Waals surface area (Å²) in [5.41, 5.74) is 0.189. The van der Waals surface area contributed by atoms with E-state index in [-0.39, 0.29) is 17.3 Å². The molecule has 0 aliphatic heterocycles. The van der Waals surface area contributed by atoms with E-state index in [2.05, 4.69) is 6.92 Å². The van der Waals surface area contributed by atoms with Gasteiger partial charge < -0.3 is 0 Å². The van der Waals surface area contributed by atoms with Crippen LogP contribution in [0.15, 0.2) is 18.2 Å². The maximum absolute atomic E-state index is 13.6. The Morgan fingerprint density at radius 3 is 2.53 bits per heavy atom. The molecule has 0 amide bonds. The van der Waals surface area contributed by atoms with Crippen molar-refractivity contribution in [1.82, 2.24) is 0 Å². The van der Waals surface area contributed by atoms with Crippen LogP contribution in [-0.2, 0) is 0 Å². The molecule has 92 valence electrons. The van der Waals surface area contributed by atoms with E-state index in [1.165, 1.54) is 12.1 Å². The quantitative estimate of drug-likeness (QED) is 0.711. The highest BCUT2D eigenvalue weighted by atomic mass is 35.5. The zero-order chi connectivity index (χ0) is 12.4. The van der Waals surface area contributed by atoms with Gasteiger partial charge in [0.1, 0.15) is 5.82 Å². The van der Waals surface area contributed by atoms with E-state index >= 15 is 0 Å². The van der Waals surface area contributed by atoms with Crippen molar-refractivity contribution in [3.05, 3.63) is 34.6 Å². The van der Waals surface area contributed by atoms with E-state index in [4.69, 9.17) is 11.6 Å². The predicted octanol–water partition coefficient (Wildman–Crippen LogP) is 4.49. The number of benzene rings is 1. The molecule has 1 aliphatic rings. The van der Waals surface area contributed by atoms with Crippen molar-refractivity contribution in [2.45, 2.75) is 32.6 Å². The topological polar surface area (TPSA) is 17.1 Å². The molecule has 0 atom stereocenters. The maximum atomic E-state index is 13.6. The van der Waals surface area contributed by atoms with Crippen LogP contribution >= 0.6 is 11.6 Å². The zero-order valence-electron chi connectivity index (χ0n) is 9.88. The minimum Gasteiger partial charge on any atom is -0.294 e. The first-order valence-corrected chi connectivity index (χ1v) is 6.45. The lowest BCUT2D eigenvalue weighted by molar-refractivity contribution is 0.0871. The molecular formula is C14H16ClFO. The minimum absolute atomic E-state index is 0.0122. The number of rotatable bonds is 2. The lowest BCUT2D eigenvalue weighted by Crippen LogP contribution is -2.21. The number of ketones is 1. The Balaban J connectivity index is 2.14. The number of hydrogen-bond acceptors (Lipinski definition) is 1. The van der Waals surface area contributed by atoms with Crippen LogP contribution in [0.2, 0.25) is 5.02 Å². The normalized spacial score (nSPS) is 24.6. The molecule has 0 aromatic heterocycles. The van der Waals surface area contributed by atoms with Gasteiger partial charge in [0.25, 0.3) is 0 Å². The molecule has 1 aromatic rings. The third kappa shape index (κ3) is 2.86. The van der Waals surface area contributed by atoms with E-state index in [0.717, 1.165) is 25.7 Å². The summed E-state index contributed by atoms with van der Waals surface area (Å²) in [6.07, 6.45) is 3.88. The van der Waals surface area contributed by atoms with Crippen molar-refractivity contribution in [3.8, 4) is 0 Å². The number of carbonyl (C=O) groups excluding carboxylic acids is 1. The molecule has 2 rings (SSSR count). The van der Waals surface area contributed by atoms with Crippen molar-refractivity contribution in [2.75, 3.05) is 0 Å². The standard InChI is InChI=1S/C14H16ClFO/c1-9-2-4-10(5-3-9)14(17)12-7-6-11(15)8-13(12)16/h6-10H,2-5H2,1H3. The van der Waals surface area contributed by atoms with Crippen LogP contribution in [0.4, 0.5) is 4.39 Å². The third-order valence-corrected chi connectivity index (χ3v) is 3.82. The van der Waals surface area contributed by atoms with Gasteiger partial charge in [-0.3, -0.25) is 4.79 Å². The molecular weight excluding hydrogens is 239 g/mol. The van der Waals surface area contributed by atoms with Gasteiger partial charge in [0, 0.05) is 10.9 Å². The van der Waals surface area contributed by atoms with Crippen molar-refractivity contribution < 1.29 is 9.18 Å². The van der Waals surface area contributed by atoms with Gasteiger partial charge >= 0.3 is 0 Å². The molecule has 3 heteroatoms. The minimum atomic E-state index is -0.499. The summed E-state index contributed by atoms with van der Waals surface area (Å²) in [6, 6.07) is 4.28. The fraction of sp³-hybridized carbons (Fsp3) is 0.500.